The van der Waals surface area contributed by atoms with Crippen LogP contribution in [0.15, 0.2) is 58.3 Å². The number of ether oxygens (including phenoxy) is 2. The standard InChI is InChI=1S/C18H17N3O3S/c1-3-24-18(22)17-16(19-21-20-17)14-6-4-5-7-15(14)25-13-10-8-12(23-2)9-11-13/h4-11H,3H2,1-2H3,(H,19,20,21). The van der Waals surface area contributed by atoms with Gasteiger partial charge in [0.2, 0.25) is 0 Å². The molecule has 7 heteroatoms. The van der Waals surface area contributed by atoms with E-state index >= 15 is 0 Å². The fourth-order valence-electron chi connectivity index (χ4n) is 2.28. The molecule has 0 atom stereocenters. The Morgan fingerprint density at radius 3 is 2.60 bits per heavy atom. The van der Waals surface area contributed by atoms with Crippen molar-refractivity contribution >= 4 is 17.7 Å². The predicted octanol–water partition coefficient (Wildman–Crippen LogP) is 3.81. The smallest absolute Gasteiger partial charge is 0.361 e. The number of carbonyl (C=O) groups is 1. The van der Waals surface area contributed by atoms with Gasteiger partial charge in [-0.05, 0) is 37.3 Å². The molecule has 25 heavy (non-hydrogen) atoms. The average molecular weight is 355 g/mol. The lowest BCUT2D eigenvalue weighted by Crippen LogP contribution is -2.07. The van der Waals surface area contributed by atoms with E-state index in [0.29, 0.717) is 5.69 Å². The lowest BCUT2D eigenvalue weighted by Gasteiger charge is -2.08. The predicted molar refractivity (Wildman–Crippen MR) is 94.9 cm³/mol. The van der Waals surface area contributed by atoms with Crippen molar-refractivity contribution in [2.45, 2.75) is 16.7 Å². The molecule has 1 N–H and O–H groups in total. The summed E-state index contributed by atoms with van der Waals surface area (Å²) < 4.78 is 10.2. The molecule has 0 spiro atoms. The van der Waals surface area contributed by atoms with Gasteiger partial charge in [0.05, 0.1) is 13.7 Å². The highest BCUT2D eigenvalue weighted by Gasteiger charge is 2.21. The Morgan fingerprint density at radius 2 is 1.88 bits per heavy atom. The Kier molecular flexibility index (Phi) is 5.35. The van der Waals surface area contributed by atoms with Crippen LogP contribution in [0.2, 0.25) is 0 Å². The van der Waals surface area contributed by atoms with Gasteiger partial charge in [0.1, 0.15) is 11.4 Å². The Bertz CT molecular complexity index is 862. The number of nitrogens with one attached hydrogen (secondary N) is 1. The van der Waals surface area contributed by atoms with Gasteiger partial charge in [0.15, 0.2) is 5.69 Å². The first kappa shape index (κ1) is 17.0. The van der Waals surface area contributed by atoms with Gasteiger partial charge in [-0.2, -0.15) is 10.3 Å². The molecule has 0 saturated heterocycles. The summed E-state index contributed by atoms with van der Waals surface area (Å²) in [5.74, 6) is 0.314. The van der Waals surface area contributed by atoms with Crippen molar-refractivity contribution in [2.24, 2.45) is 0 Å². The molecule has 0 aliphatic carbocycles. The summed E-state index contributed by atoms with van der Waals surface area (Å²) in [7, 11) is 1.64. The van der Waals surface area contributed by atoms with Crippen molar-refractivity contribution in [2.75, 3.05) is 13.7 Å². The minimum atomic E-state index is -0.490. The lowest BCUT2D eigenvalue weighted by atomic mass is 10.1. The van der Waals surface area contributed by atoms with E-state index in [4.69, 9.17) is 9.47 Å². The van der Waals surface area contributed by atoms with E-state index in [1.807, 2.05) is 48.5 Å². The Hall–Kier alpha value is -2.80. The molecule has 3 aromatic rings. The van der Waals surface area contributed by atoms with Crippen LogP contribution in [0.25, 0.3) is 11.3 Å². The molecular formula is C18H17N3O3S. The fourth-order valence-corrected chi connectivity index (χ4v) is 3.23. The molecule has 0 amide bonds. The molecule has 1 heterocycles. The van der Waals surface area contributed by atoms with Crippen molar-refractivity contribution in [3.8, 4) is 17.0 Å². The number of H-pyrrole nitrogens is 1. The van der Waals surface area contributed by atoms with Crippen molar-refractivity contribution in [3.63, 3.8) is 0 Å². The zero-order valence-electron chi connectivity index (χ0n) is 13.9. The third-order valence-electron chi connectivity index (χ3n) is 3.45. The minimum absolute atomic E-state index is 0.185. The van der Waals surface area contributed by atoms with Gasteiger partial charge in [0, 0.05) is 15.4 Å². The molecule has 2 aromatic carbocycles. The molecular weight excluding hydrogens is 338 g/mol. The van der Waals surface area contributed by atoms with Crippen LogP contribution in [0.5, 0.6) is 5.75 Å². The highest BCUT2D eigenvalue weighted by atomic mass is 32.2. The van der Waals surface area contributed by atoms with Crippen LogP contribution < -0.4 is 4.74 Å². The third-order valence-corrected chi connectivity index (χ3v) is 4.53. The Labute approximate surface area is 149 Å². The molecule has 0 unspecified atom stereocenters. The molecule has 3 rings (SSSR count). The SMILES string of the molecule is CCOC(=O)c1n[nH]nc1-c1ccccc1Sc1ccc(OC)cc1. The van der Waals surface area contributed by atoms with Gasteiger partial charge in [-0.3, -0.25) is 0 Å². The normalized spacial score (nSPS) is 10.5. The number of rotatable bonds is 6. The van der Waals surface area contributed by atoms with Gasteiger partial charge in [-0.1, -0.05) is 30.0 Å². The van der Waals surface area contributed by atoms with E-state index in [0.717, 1.165) is 21.1 Å². The first-order chi connectivity index (χ1) is 12.2. The van der Waals surface area contributed by atoms with Gasteiger partial charge in [0.25, 0.3) is 0 Å². The van der Waals surface area contributed by atoms with Crippen molar-refractivity contribution in [1.29, 1.82) is 0 Å². The van der Waals surface area contributed by atoms with Gasteiger partial charge < -0.3 is 9.47 Å². The minimum Gasteiger partial charge on any atom is -0.497 e. The molecule has 0 fully saturated rings. The number of hydrogen-bond acceptors (Lipinski definition) is 6. The van der Waals surface area contributed by atoms with Crippen LogP contribution >= 0.6 is 11.8 Å². The number of benzene rings is 2. The van der Waals surface area contributed by atoms with Crippen LogP contribution in [-0.2, 0) is 4.74 Å². The van der Waals surface area contributed by atoms with E-state index in [-0.39, 0.29) is 12.3 Å². The summed E-state index contributed by atoms with van der Waals surface area (Å²) in [4.78, 5) is 14.1. The van der Waals surface area contributed by atoms with E-state index in [1.54, 1.807) is 25.8 Å². The summed E-state index contributed by atoms with van der Waals surface area (Å²) >= 11 is 1.58. The van der Waals surface area contributed by atoms with E-state index in [1.165, 1.54) is 0 Å². The maximum Gasteiger partial charge on any atom is 0.361 e. The average Bonchev–Trinajstić information content (AvgIpc) is 3.13. The monoisotopic (exact) mass is 355 g/mol. The number of nitrogens with zero attached hydrogens (tertiary/aromatic N) is 2. The molecule has 0 aliphatic heterocycles. The van der Waals surface area contributed by atoms with Crippen molar-refractivity contribution in [3.05, 3.63) is 54.2 Å². The lowest BCUT2D eigenvalue weighted by molar-refractivity contribution is 0.0520. The molecule has 128 valence electrons. The summed E-state index contributed by atoms with van der Waals surface area (Å²) in [5, 5.41) is 10.6. The maximum atomic E-state index is 12.1. The number of esters is 1. The molecule has 0 aliphatic rings. The summed E-state index contributed by atoms with van der Waals surface area (Å²) in [5.41, 5.74) is 1.49. The molecule has 0 saturated carbocycles. The van der Waals surface area contributed by atoms with Gasteiger partial charge in [-0.25, -0.2) is 4.79 Å². The first-order valence-electron chi connectivity index (χ1n) is 7.72. The molecule has 1 aromatic heterocycles. The van der Waals surface area contributed by atoms with E-state index < -0.39 is 5.97 Å². The first-order valence-corrected chi connectivity index (χ1v) is 8.53. The van der Waals surface area contributed by atoms with Crippen LogP contribution in [-0.4, -0.2) is 35.1 Å². The van der Waals surface area contributed by atoms with Crippen LogP contribution in [0.4, 0.5) is 0 Å². The third kappa shape index (κ3) is 3.83. The highest BCUT2D eigenvalue weighted by molar-refractivity contribution is 7.99. The van der Waals surface area contributed by atoms with Crippen LogP contribution in [0.1, 0.15) is 17.4 Å². The zero-order valence-corrected chi connectivity index (χ0v) is 14.7. The quantitative estimate of drug-likeness (QED) is 0.678. The second-order valence-corrected chi connectivity index (χ2v) is 6.13. The number of aromatic nitrogens is 3. The number of hydrogen-bond donors (Lipinski definition) is 1. The van der Waals surface area contributed by atoms with Gasteiger partial charge >= 0.3 is 5.97 Å². The summed E-state index contributed by atoms with van der Waals surface area (Å²) in [6, 6.07) is 15.5. The Balaban J connectivity index is 1.94. The maximum absolute atomic E-state index is 12.1. The number of carbonyl (C=O) groups excluding carboxylic acids is 1. The van der Waals surface area contributed by atoms with Crippen molar-refractivity contribution < 1.29 is 14.3 Å². The zero-order chi connectivity index (χ0) is 17.6. The second-order valence-electron chi connectivity index (χ2n) is 5.02. The van der Waals surface area contributed by atoms with E-state index in [2.05, 4.69) is 15.4 Å². The largest absolute Gasteiger partial charge is 0.497 e. The van der Waals surface area contributed by atoms with Crippen LogP contribution in [0.3, 0.4) is 0 Å². The topological polar surface area (TPSA) is 77.1 Å². The fraction of sp³-hybridized carbons (Fsp3) is 0.167. The molecule has 6 nitrogen and oxygen atoms in total. The number of methoxy groups -OCH3 is 1. The van der Waals surface area contributed by atoms with Crippen molar-refractivity contribution in [1.82, 2.24) is 15.4 Å². The highest BCUT2D eigenvalue weighted by Crippen LogP contribution is 2.36. The Morgan fingerprint density at radius 1 is 1.12 bits per heavy atom. The molecule has 0 bridgehead atoms. The summed E-state index contributed by atoms with van der Waals surface area (Å²) in [6.07, 6.45) is 0. The molecule has 0 radical (unpaired) electrons. The summed E-state index contributed by atoms with van der Waals surface area (Å²) in [6.45, 7) is 2.04. The number of aromatic amines is 1. The second kappa shape index (κ2) is 7.85. The van der Waals surface area contributed by atoms with Crippen LogP contribution in [0, 0.1) is 0 Å². The van der Waals surface area contributed by atoms with Gasteiger partial charge in [-0.15, -0.1) is 5.10 Å². The van der Waals surface area contributed by atoms with E-state index in [9.17, 15) is 4.79 Å².